The van der Waals surface area contributed by atoms with E-state index in [0.29, 0.717) is 28.3 Å². The van der Waals surface area contributed by atoms with Crippen LogP contribution >= 0.6 is 11.5 Å². The number of nitrogens with one attached hydrogen (secondary N) is 1. The molecule has 4 aromatic rings. The zero-order chi connectivity index (χ0) is 26.5. The van der Waals surface area contributed by atoms with Crippen molar-refractivity contribution in [1.82, 2.24) is 9.69 Å². The Morgan fingerprint density at radius 1 is 1.00 bits per heavy atom. The smallest absolute Gasteiger partial charge is 0.273 e. The highest BCUT2D eigenvalue weighted by molar-refractivity contribution is 7.09. The van der Waals surface area contributed by atoms with Crippen LogP contribution < -0.4 is 21.7 Å². The Balaban J connectivity index is 1.79. The lowest BCUT2D eigenvalue weighted by Crippen LogP contribution is -2.44. The number of aromatic nitrogens is 1. The molecule has 0 aliphatic carbocycles. The van der Waals surface area contributed by atoms with Gasteiger partial charge in [-0.15, -0.1) is 0 Å². The zero-order valence-corrected chi connectivity index (χ0v) is 20.1. The minimum atomic E-state index is -1.21. The summed E-state index contributed by atoms with van der Waals surface area (Å²) in [5.41, 5.74) is 12.4. The SMILES string of the molecule is NC(=O)c1nsc(C(=O)N(c2ccccc2)[C@@H](C(=O)NCc2ccc(F)cc2)c2ccc(O)cc2)c1N. The molecule has 9 nitrogen and oxygen atoms in total. The Bertz CT molecular complexity index is 1430. The first-order chi connectivity index (χ1) is 17.8. The highest BCUT2D eigenvalue weighted by Gasteiger charge is 2.36. The highest BCUT2D eigenvalue weighted by atomic mass is 32.1. The first kappa shape index (κ1) is 25.3. The number of carbonyl (C=O) groups excluding carboxylic acids is 3. The molecule has 11 heteroatoms. The summed E-state index contributed by atoms with van der Waals surface area (Å²) in [5.74, 6) is -2.54. The largest absolute Gasteiger partial charge is 0.508 e. The second kappa shape index (κ2) is 10.9. The average molecular weight is 520 g/mol. The van der Waals surface area contributed by atoms with Crippen molar-refractivity contribution in [3.8, 4) is 5.75 Å². The monoisotopic (exact) mass is 519 g/mol. The van der Waals surface area contributed by atoms with Crippen molar-refractivity contribution in [2.75, 3.05) is 10.6 Å². The number of nitrogens with zero attached hydrogens (tertiary/aromatic N) is 2. The van der Waals surface area contributed by atoms with Gasteiger partial charge in [-0.3, -0.25) is 19.3 Å². The summed E-state index contributed by atoms with van der Waals surface area (Å²) in [6.45, 7) is 0.0685. The van der Waals surface area contributed by atoms with Gasteiger partial charge in [-0.25, -0.2) is 4.39 Å². The van der Waals surface area contributed by atoms with E-state index < -0.39 is 29.6 Å². The number of hydrogen-bond acceptors (Lipinski definition) is 7. The molecule has 6 N–H and O–H groups in total. The molecule has 0 saturated heterocycles. The maximum absolute atomic E-state index is 13.9. The van der Waals surface area contributed by atoms with Gasteiger partial charge in [0, 0.05) is 12.2 Å². The molecule has 188 valence electrons. The van der Waals surface area contributed by atoms with Gasteiger partial charge in [-0.1, -0.05) is 42.5 Å². The van der Waals surface area contributed by atoms with Crippen LogP contribution in [0, 0.1) is 5.82 Å². The third-order valence-electron chi connectivity index (χ3n) is 5.50. The van der Waals surface area contributed by atoms with Gasteiger partial charge >= 0.3 is 0 Å². The van der Waals surface area contributed by atoms with Crippen LogP contribution in [0.4, 0.5) is 15.8 Å². The van der Waals surface area contributed by atoms with E-state index in [4.69, 9.17) is 11.5 Å². The summed E-state index contributed by atoms with van der Waals surface area (Å²) in [4.78, 5) is 40.4. The molecule has 0 spiro atoms. The number of primary amides is 1. The number of benzene rings is 3. The van der Waals surface area contributed by atoms with Crippen LogP contribution in [0.3, 0.4) is 0 Å². The Hall–Kier alpha value is -4.77. The second-order valence-corrected chi connectivity index (χ2v) is 8.76. The van der Waals surface area contributed by atoms with Gasteiger partial charge < -0.3 is 21.9 Å². The maximum Gasteiger partial charge on any atom is 0.273 e. The normalized spacial score (nSPS) is 11.5. The van der Waals surface area contributed by atoms with Crippen molar-refractivity contribution in [3.05, 3.63) is 106 Å². The topological polar surface area (TPSA) is 152 Å². The Kier molecular flexibility index (Phi) is 7.44. The quantitative estimate of drug-likeness (QED) is 0.280. The van der Waals surface area contributed by atoms with Crippen LogP contribution in [0.5, 0.6) is 5.75 Å². The van der Waals surface area contributed by atoms with Crippen molar-refractivity contribution in [1.29, 1.82) is 0 Å². The van der Waals surface area contributed by atoms with E-state index in [2.05, 4.69) is 9.69 Å². The van der Waals surface area contributed by atoms with Crippen LogP contribution in [-0.2, 0) is 11.3 Å². The fourth-order valence-corrected chi connectivity index (χ4v) is 4.42. The number of anilines is 2. The summed E-state index contributed by atoms with van der Waals surface area (Å²) in [6, 6.07) is 18.7. The average Bonchev–Trinajstić information content (AvgIpc) is 3.29. The summed E-state index contributed by atoms with van der Waals surface area (Å²) in [6.07, 6.45) is 0. The van der Waals surface area contributed by atoms with Gasteiger partial charge in [-0.05, 0) is 59.1 Å². The molecular formula is C26H22FN5O4S. The molecule has 37 heavy (non-hydrogen) atoms. The number of nitrogen functional groups attached to an aromatic ring is 1. The third kappa shape index (κ3) is 5.57. The van der Waals surface area contributed by atoms with Crippen molar-refractivity contribution in [3.63, 3.8) is 0 Å². The molecule has 0 bridgehead atoms. The molecule has 0 unspecified atom stereocenters. The van der Waals surface area contributed by atoms with Gasteiger partial charge in [0.15, 0.2) is 5.69 Å². The van der Waals surface area contributed by atoms with Gasteiger partial charge in [0.25, 0.3) is 11.8 Å². The zero-order valence-electron chi connectivity index (χ0n) is 19.3. The lowest BCUT2D eigenvalue weighted by molar-refractivity contribution is -0.122. The Morgan fingerprint density at radius 2 is 1.65 bits per heavy atom. The molecule has 3 aromatic carbocycles. The van der Waals surface area contributed by atoms with Crippen LogP contribution in [0.1, 0.15) is 37.3 Å². The molecule has 0 aliphatic heterocycles. The second-order valence-electron chi connectivity index (χ2n) is 7.99. The highest BCUT2D eigenvalue weighted by Crippen LogP contribution is 2.33. The van der Waals surface area contributed by atoms with Gasteiger partial charge in [-0.2, -0.15) is 4.37 Å². The van der Waals surface area contributed by atoms with Crippen molar-refractivity contribution < 1.29 is 23.9 Å². The van der Waals surface area contributed by atoms with Crippen molar-refractivity contribution >= 4 is 40.6 Å². The number of para-hydroxylation sites is 1. The van der Waals surface area contributed by atoms with Crippen LogP contribution in [0.25, 0.3) is 0 Å². The lowest BCUT2D eigenvalue weighted by atomic mass is 10.0. The van der Waals surface area contributed by atoms with Crippen molar-refractivity contribution in [2.45, 2.75) is 12.6 Å². The Morgan fingerprint density at radius 3 is 2.24 bits per heavy atom. The summed E-state index contributed by atoms with van der Waals surface area (Å²) in [7, 11) is 0. The van der Waals surface area contributed by atoms with Crippen LogP contribution in [0.2, 0.25) is 0 Å². The van der Waals surface area contributed by atoms with E-state index in [0.717, 1.165) is 0 Å². The van der Waals surface area contributed by atoms with Crippen molar-refractivity contribution in [2.24, 2.45) is 5.73 Å². The lowest BCUT2D eigenvalue weighted by Gasteiger charge is -2.31. The number of hydrogen-bond donors (Lipinski definition) is 4. The summed E-state index contributed by atoms with van der Waals surface area (Å²) < 4.78 is 17.2. The molecular weight excluding hydrogens is 497 g/mol. The molecule has 0 aliphatic rings. The molecule has 1 heterocycles. The number of halogens is 1. The maximum atomic E-state index is 13.9. The van der Waals surface area contributed by atoms with Gasteiger partial charge in [0.1, 0.15) is 22.5 Å². The minimum Gasteiger partial charge on any atom is -0.508 e. The number of carbonyl (C=O) groups is 3. The van der Waals surface area contributed by atoms with E-state index in [9.17, 15) is 23.9 Å². The molecule has 4 rings (SSSR count). The van der Waals surface area contributed by atoms with E-state index in [-0.39, 0.29) is 28.6 Å². The third-order valence-corrected chi connectivity index (χ3v) is 6.36. The molecule has 1 atom stereocenters. The Labute approximate surface area is 215 Å². The van der Waals surface area contributed by atoms with Crippen LogP contribution in [-0.4, -0.2) is 27.2 Å². The van der Waals surface area contributed by atoms with Gasteiger partial charge in [0.05, 0.1) is 5.69 Å². The van der Waals surface area contributed by atoms with Crippen LogP contribution in [0.15, 0.2) is 78.9 Å². The predicted molar refractivity (Wildman–Crippen MR) is 137 cm³/mol. The van der Waals surface area contributed by atoms with E-state index in [1.807, 2.05) is 0 Å². The standard InChI is InChI=1S/C26H22FN5O4S/c27-17-10-6-15(7-11-17)14-30-25(35)22(16-8-12-19(33)13-9-16)32(18-4-2-1-3-5-18)26(36)23-20(28)21(24(29)34)31-37-23/h1-13,22,33H,14,28H2,(H2,29,34)(H,30,35)/t22-/m1/s1. The van der Waals surface area contributed by atoms with E-state index in [1.165, 1.54) is 53.4 Å². The number of rotatable bonds is 8. The fourth-order valence-electron chi connectivity index (χ4n) is 3.67. The summed E-state index contributed by atoms with van der Waals surface area (Å²) >= 11 is 0.700. The molecule has 0 saturated carbocycles. The van der Waals surface area contributed by atoms with Gasteiger partial charge in [0.2, 0.25) is 5.91 Å². The number of aromatic hydroxyl groups is 1. The number of phenolic OH excluding ortho intramolecular Hbond substituents is 1. The van der Waals surface area contributed by atoms with E-state index >= 15 is 0 Å². The minimum absolute atomic E-state index is 0.0235. The fraction of sp³-hybridized carbons (Fsp3) is 0.0769. The number of phenols is 1. The van der Waals surface area contributed by atoms with E-state index in [1.54, 1.807) is 30.3 Å². The number of amides is 3. The summed E-state index contributed by atoms with van der Waals surface area (Å²) in [5, 5.41) is 12.6. The molecule has 0 radical (unpaired) electrons. The molecule has 1 aromatic heterocycles. The molecule has 0 fully saturated rings. The first-order valence-corrected chi connectivity index (χ1v) is 11.8. The number of nitrogens with two attached hydrogens (primary N) is 2. The first-order valence-electron chi connectivity index (χ1n) is 11.0. The predicted octanol–water partition coefficient (Wildman–Crippen LogP) is 3.37. The molecule has 3 amide bonds.